The van der Waals surface area contributed by atoms with Crippen LogP contribution in [0.1, 0.15) is 132 Å². The molecule has 342 valence electrons. The fourth-order valence-electron chi connectivity index (χ4n) is 19.2. The number of allylic oxidation sites excluding steroid dienone is 4. The third-order valence-corrected chi connectivity index (χ3v) is 21.7. The summed E-state index contributed by atoms with van der Waals surface area (Å²) in [6, 6.07) is 7.01. The molecule has 1 aromatic carbocycles. The van der Waals surface area contributed by atoms with Gasteiger partial charge in [0.15, 0.2) is 0 Å². The van der Waals surface area contributed by atoms with Crippen LogP contribution in [0.15, 0.2) is 47.6 Å². The average Bonchev–Trinajstić information content (AvgIpc) is 3.69. The van der Waals surface area contributed by atoms with Crippen LogP contribution in [0.25, 0.3) is 0 Å². The zero-order chi connectivity index (χ0) is 45.6. The Kier molecular flexibility index (Phi) is 10.2. The van der Waals surface area contributed by atoms with Crippen LogP contribution in [0.4, 0.5) is 11.4 Å². The molecular formula is C54H68N2NaO8+. The Morgan fingerprint density at radius 1 is 0.585 bits per heavy atom. The zero-order valence-electron chi connectivity index (χ0n) is 40.1. The summed E-state index contributed by atoms with van der Waals surface area (Å²) in [4.78, 5) is 89.4. The van der Waals surface area contributed by atoms with Crippen molar-refractivity contribution < 1.29 is 68.5 Å². The molecule has 1 aromatic rings. The van der Waals surface area contributed by atoms with Gasteiger partial charge >= 0.3 is 41.5 Å². The van der Waals surface area contributed by atoms with Crippen molar-refractivity contribution in [3.63, 3.8) is 0 Å². The van der Waals surface area contributed by atoms with Crippen LogP contribution < -0.4 is 39.4 Å². The average molecular weight is 896 g/mol. The maximum atomic E-state index is 15.3. The number of nitrogens with zero attached hydrogens (tertiary/aromatic N) is 2. The standard InChI is InChI=1S/C54H68N2O8.Na/c1-27(2)33-25-53-20-14-35-49(5,16-10-18-51(35,7)47(61)62)37(53)23-31(33)39-41(53)45(59)55(43(39)57)29-12-9-13-30(22-29)56-44(58)40-32-24-38-50(6)17-11-19-52(8,48(63)64)36(50)15-21-54(38,42(40)46(56)60)26-34(32)28(3)4;/h9,12-13,22,25-28,31-32,35-42H,10-11,14-21,23-24H2,1-8H3,(H,61,62)(H,63,64);/q;+1. The largest absolute Gasteiger partial charge is 1.00 e. The number of imide groups is 2. The molecule has 2 aliphatic heterocycles. The van der Waals surface area contributed by atoms with Crippen molar-refractivity contribution in [2.45, 2.75) is 132 Å². The molecule has 10 nitrogen and oxygen atoms in total. The first-order chi connectivity index (χ1) is 30.1. The minimum absolute atomic E-state index is 0. The number of rotatable bonds is 6. The third kappa shape index (κ3) is 5.45. The summed E-state index contributed by atoms with van der Waals surface area (Å²) in [5.41, 5.74) is -0.121. The van der Waals surface area contributed by atoms with Crippen molar-refractivity contribution in [1.82, 2.24) is 0 Å². The van der Waals surface area contributed by atoms with Crippen molar-refractivity contribution in [2.75, 3.05) is 9.80 Å². The number of anilines is 2. The number of carboxylic acids is 2. The van der Waals surface area contributed by atoms with E-state index in [1.54, 1.807) is 24.3 Å². The van der Waals surface area contributed by atoms with E-state index in [0.29, 0.717) is 49.9 Å². The molecule has 2 saturated heterocycles. The second kappa shape index (κ2) is 14.5. The van der Waals surface area contributed by atoms with Gasteiger partial charge < -0.3 is 10.2 Å². The number of aliphatic carboxylic acids is 2. The monoisotopic (exact) mass is 895 g/mol. The maximum Gasteiger partial charge on any atom is 1.00 e. The number of hydrogen-bond donors (Lipinski definition) is 2. The van der Waals surface area contributed by atoms with E-state index in [2.05, 4.69) is 53.7 Å². The minimum atomic E-state index is -0.833. The number of fused-ring (bicyclic) bond motifs is 2. The van der Waals surface area contributed by atoms with Crippen LogP contribution in [0.2, 0.25) is 0 Å². The van der Waals surface area contributed by atoms with Gasteiger partial charge in [0.1, 0.15) is 0 Å². The van der Waals surface area contributed by atoms with E-state index in [-0.39, 0.29) is 111 Å². The van der Waals surface area contributed by atoms with Crippen LogP contribution in [0.5, 0.6) is 0 Å². The molecule has 0 aromatic heterocycles. The van der Waals surface area contributed by atoms with Crippen molar-refractivity contribution in [2.24, 2.45) is 104 Å². The third-order valence-electron chi connectivity index (χ3n) is 21.7. The van der Waals surface area contributed by atoms with Crippen LogP contribution in [-0.2, 0) is 28.8 Å². The summed E-state index contributed by atoms with van der Waals surface area (Å²) < 4.78 is 0. The quantitative estimate of drug-likeness (QED) is 0.182. The second-order valence-electron chi connectivity index (χ2n) is 24.5. The predicted molar refractivity (Wildman–Crippen MR) is 240 cm³/mol. The maximum absolute atomic E-state index is 15.3. The van der Waals surface area contributed by atoms with E-state index < -0.39 is 57.3 Å². The minimum Gasteiger partial charge on any atom is -0.481 e. The molecule has 4 bridgehead atoms. The van der Waals surface area contributed by atoms with Crippen molar-refractivity contribution in [1.29, 1.82) is 0 Å². The molecule has 65 heavy (non-hydrogen) atoms. The molecule has 8 fully saturated rings. The normalized spacial score (nSPS) is 46.7. The molecule has 6 saturated carbocycles. The van der Waals surface area contributed by atoms with E-state index in [1.807, 2.05) is 13.8 Å². The molecule has 10 aliphatic carbocycles. The van der Waals surface area contributed by atoms with E-state index >= 15 is 19.2 Å². The molecule has 4 amide bonds. The van der Waals surface area contributed by atoms with Crippen LogP contribution in [0, 0.1) is 104 Å². The number of amides is 4. The van der Waals surface area contributed by atoms with Gasteiger partial charge in [0.05, 0.1) is 45.9 Å². The van der Waals surface area contributed by atoms with Gasteiger partial charge in [-0.3, -0.25) is 28.8 Å². The van der Waals surface area contributed by atoms with E-state index in [1.165, 1.54) is 20.9 Å². The molecule has 13 rings (SSSR count). The summed E-state index contributed by atoms with van der Waals surface area (Å²) in [7, 11) is 0. The fraction of sp³-hybridized carbons (Fsp3) is 0.704. The van der Waals surface area contributed by atoms with Crippen molar-refractivity contribution in [3.8, 4) is 0 Å². The first-order valence-corrected chi connectivity index (χ1v) is 24.9. The van der Waals surface area contributed by atoms with Crippen molar-refractivity contribution in [3.05, 3.63) is 47.6 Å². The van der Waals surface area contributed by atoms with Crippen LogP contribution >= 0.6 is 0 Å². The molecule has 2 N–H and O–H groups in total. The van der Waals surface area contributed by atoms with Gasteiger partial charge in [0.2, 0.25) is 23.6 Å². The number of benzene rings is 1. The molecule has 16 atom stereocenters. The second-order valence-corrected chi connectivity index (χ2v) is 24.5. The first-order valence-electron chi connectivity index (χ1n) is 24.9. The Balaban J connectivity index is 0.00000498. The number of carboxylic acid groups (broad SMARTS) is 2. The van der Waals surface area contributed by atoms with Gasteiger partial charge in [-0.05, 0) is 154 Å². The van der Waals surface area contributed by atoms with E-state index in [9.17, 15) is 19.8 Å². The van der Waals surface area contributed by atoms with Gasteiger partial charge in [0, 0.05) is 10.8 Å². The molecular weight excluding hydrogens is 828 g/mol. The van der Waals surface area contributed by atoms with Crippen molar-refractivity contribution >= 4 is 46.9 Å². The van der Waals surface area contributed by atoms with Gasteiger partial charge in [0.25, 0.3) is 0 Å². The summed E-state index contributed by atoms with van der Waals surface area (Å²) in [5, 5.41) is 21.2. The smallest absolute Gasteiger partial charge is 0.481 e. The van der Waals surface area contributed by atoms with Crippen LogP contribution in [-0.4, -0.2) is 45.8 Å². The molecule has 0 radical (unpaired) electrons. The topological polar surface area (TPSA) is 149 Å². The molecule has 11 heteroatoms. The predicted octanol–water partition coefficient (Wildman–Crippen LogP) is 6.72. The molecule has 2 heterocycles. The summed E-state index contributed by atoms with van der Waals surface area (Å²) in [5.74, 6) is -4.24. The Morgan fingerprint density at radius 3 is 1.32 bits per heavy atom. The van der Waals surface area contributed by atoms with E-state index in [0.717, 1.165) is 38.5 Å². The number of carbonyl (C=O) groups excluding carboxylic acids is 4. The summed E-state index contributed by atoms with van der Waals surface area (Å²) in [6.07, 6.45) is 13.8. The van der Waals surface area contributed by atoms with Gasteiger partial charge in [-0.2, -0.15) is 0 Å². The summed E-state index contributed by atoms with van der Waals surface area (Å²) in [6.45, 7) is 17.1. The van der Waals surface area contributed by atoms with E-state index in [4.69, 9.17) is 0 Å². The zero-order valence-corrected chi connectivity index (χ0v) is 42.1. The molecule has 12 aliphatic rings. The van der Waals surface area contributed by atoms with Crippen LogP contribution in [0.3, 0.4) is 0 Å². The SMILES string of the molecule is CC(C)C1=CC23CCC4C(C)(C(=O)O)CCCC4(C)C2CC1C1C(=O)N(c2cccc(N4C(=O)C5C6CC7C8(C)CCCC(C)(C(=O)O)C8CCC7(C=C6C(C)C)C5C4=O)c2)C(=O)C13.[Na+]. The Hall–Kier alpha value is -3.08. The molecule has 16 unspecified atom stereocenters. The summed E-state index contributed by atoms with van der Waals surface area (Å²) >= 11 is 0. The Labute approximate surface area is 406 Å². The Bertz CT molecular complexity index is 2250. The van der Waals surface area contributed by atoms with Gasteiger partial charge in [-0.25, -0.2) is 9.80 Å². The number of carbonyl (C=O) groups is 6. The first kappa shape index (κ1) is 45.7. The van der Waals surface area contributed by atoms with Gasteiger partial charge in [-0.15, -0.1) is 0 Å². The van der Waals surface area contributed by atoms with Gasteiger partial charge in [-0.1, -0.05) is 83.7 Å². The molecule has 2 spiro atoms. The Morgan fingerprint density at radius 2 is 0.969 bits per heavy atom. The number of hydrogen-bond acceptors (Lipinski definition) is 6. The fourth-order valence-corrected chi connectivity index (χ4v) is 19.2.